The normalized spacial score (nSPS) is 13.3. The fraction of sp³-hybridized carbons (Fsp3) is 0.468. The summed E-state index contributed by atoms with van der Waals surface area (Å²) in [5.41, 5.74) is 9.63. The molecule has 5 aromatic rings. The molecule has 0 aliphatic heterocycles. The molecule has 0 spiro atoms. The summed E-state index contributed by atoms with van der Waals surface area (Å²) < 4.78 is 1.19. The van der Waals surface area contributed by atoms with Crippen LogP contribution in [0.2, 0.25) is 0 Å². The SMILES string of the molecule is CC(C)Cc1cccc2c1CCc1sc3c(-c4[c-]c5ccccc5c(C(C)(C)C)c4)ncnc3c1-2.CCC(C)(CC)C(=O)/C=C(\O)C(C)(CC)CC.[Ir]. The van der Waals surface area contributed by atoms with Crippen molar-refractivity contribution in [2.75, 3.05) is 0 Å². The number of aliphatic hydroxyl groups excluding tert-OH is 1. The molecule has 0 unspecified atom stereocenters. The number of allylic oxidation sites excluding steroid dienone is 2. The van der Waals surface area contributed by atoms with Gasteiger partial charge in [-0.15, -0.1) is 40.5 Å². The van der Waals surface area contributed by atoms with Crippen LogP contribution in [0, 0.1) is 22.8 Å². The Morgan fingerprint density at radius 2 is 1.57 bits per heavy atom. The standard InChI is InChI=1S/C32H31N2S.C15H28O2.Ir/c1-19(2)15-20-10-8-12-25-23(20)13-14-27-28(25)30-31(35-27)29(33-18-34-30)22-16-21-9-6-7-11-24(21)26(17-22)32(3,4)5;1-7-14(5,8-2)12(16)11-13(17)15(6,9-3)10-4;/h6-12,17-19H,13-15H2,1-5H3;11,16H,7-10H2,1-6H3;/q-1;;/b;12-11-;. The zero-order chi connectivity index (χ0) is 38.0. The molecule has 1 N–H and O–H groups in total. The van der Waals surface area contributed by atoms with Gasteiger partial charge in [-0.05, 0) is 73.0 Å². The van der Waals surface area contributed by atoms with Gasteiger partial charge < -0.3 is 5.11 Å². The summed E-state index contributed by atoms with van der Waals surface area (Å²) in [4.78, 5) is 23.3. The van der Waals surface area contributed by atoms with Crippen molar-refractivity contribution in [3.8, 4) is 22.4 Å². The molecule has 285 valence electrons. The minimum atomic E-state index is -0.337. The van der Waals surface area contributed by atoms with Crippen LogP contribution in [-0.4, -0.2) is 20.9 Å². The Kier molecular flexibility index (Phi) is 13.7. The van der Waals surface area contributed by atoms with E-state index in [0.29, 0.717) is 5.92 Å². The molecule has 1 aliphatic rings. The van der Waals surface area contributed by atoms with Gasteiger partial charge in [0.1, 0.15) is 12.1 Å². The van der Waals surface area contributed by atoms with Crippen molar-refractivity contribution >= 4 is 38.1 Å². The molecule has 3 aromatic carbocycles. The maximum absolute atomic E-state index is 12.2. The van der Waals surface area contributed by atoms with Crippen LogP contribution in [0.5, 0.6) is 0 Å². The Bertz CT molecular complexity index is 2090. The number of aromatic nitrogens is 2. The first kappa shape index (κ1) is 42.6. The van der Waals surface area contributed by atoms with Gasteiger partial charge in [0, 0.05) is 57.8 Å². The van der Waals surface area contributed by atoms with Gasteiger partial charge in [0.05, 0.1) is 5.52 Å². The number of fused-ring (bicyclic) bond motifs is 6. The maximum atomic E-state index is 12.2. The zero-order valence-electron chi connectivity index (χ0n) is 33.8. The van der Waals surface area contributed by atoms with Gasteiger partial charge in [-0.1, -0.05) is 124 Å². The number of thiophene rings is 1. The topological polar surface area (TPSA) is 63.1 Å². The molecule has 0 atom stereocenters. The minimum absolute atomic E-state index is 0. The average Bonchev–Trinajstić information content (AvgIpc) is 3.53. The second-order valence-electron chi connectivity index (χ2n) is 16.7. The number of benzene rings is 3. The van der Waals surface area contributed by atoms with Crippen molar-refractivity contribution in [1.29, 1.82) is 0 Å². The molecule has 6 heteroatoms. The van der Waals surface area contributed by atoms with Crippen LogP contribution in [0.25, 0.3) is 43.4 Å². The smallest absolute Gasteiger partial charge is 0.164 e. The molecular formula is C47H59IrN2O2S-. The minimum Gasteiger partial charge on any atom is -0.512 e. The van der Waals surface area contributed by atoms with Crippen LogP contribution < -0.4 is 0 Å². The summed E-state index contributed by atoms with van der Waals surface area (Å²) in [6.07, 6.45) is 9.81. The Balaban J connectivity index is 0.000000299. The Morgan fingerprint density at radius 1 is 0.906 bits per heavy atom. The monoisotopic (exact) mass is 908 g/mol. The first-order chi connectivity index (χ1) is 24.6. The van der Waals surface area contributed by atoms with E-state index in [-0.39, 0.29) is 47.9 Å². The molecule has 0 saturated carbocycles. The Labute approximate surface area is 336 Å². The number of rotatable bonds is 10. The molecule has 2 heterocycles. The third-order valence-electron chi connectivity index (χ3n) is 11.8. The molecule has 0 amide bonds. The van der Waals surface area contributed by atoms with Crippen LogP contribution in [0.4, 0.5) is 0 Å². The van der Waals surface area contributed by atoms with Gasteiger partial charge in [-0.3, -0.25) is 9.78 Å². The van der Waals surface area contributed by atoms with E-state index in [4.69, 9.17) is 9.97 Å². The van der Waals surface area contributed by atoms with E-state index < -0.39 is 0 Å². The number of aliphatic hydroxyl groups is 1. The van der Waals surface area contributed by atoms with Gasteiger partial charge in [-0.2, -0.15) is 0 Å². The Morgan fingerprint density at radius 3 is 2.19 bits per heavy atom. The average molecular weight is 908 g/mol. The van der Waals surface area contributed by atoms with Crippen molar-refractivity contribution in [3.63, 3.8) is 0 Å². The molecule has 1 aliphatic carbocycles. The van der Waals surface area contributed by atoms with E-state index in [9.17, 15) is 9.90 Å². The molecule has 4 nitrogen and oxygen atoms in total. The van der Waals surface area contributed by atoms with Gasteiger partial charge in [0.2, 0.25) is 0 Å². The van der Waals surface area contributed by atoms with Crippen molar-refractivity contribution in [3.05, 3.63) is 94.3 Å². The second-order valence-corrected chi connectivity index (χ2v) is 17.8. The molecule has 0 bridgehead atoms. The number of hydrogen-bond acceptors (Lipinski definition) is 5. The predicted molar refractivity (Wildman–Crippen MR) is 222 cm³/mol. The first-order valence-electron chi connectivity index (χ1n) is 19.4. The summed E-state index contributed by atoms with van der Waals surface area (Å²) in [7, 11) is 0. The second kappa shape index (κ2) is 17.1. The maximum Gasteiger partial charge on any atom is 0.164 e. The third-order valence-corrected chi connectivity index (χ3v) is 13.0. The van der Waals surface area contributed by atoms with Crippen LogP contribution in [0.3, 0.4) is 0 Å². The first-order valence-corrected chi connectivity index (χ1v) is 20.2. The van der Waals surface area contributed by atoms with Gasteiger partial charge in [0.15, 0.2) is 5.78 Å². The van der Waals surface area contributed by atoms with Gasteiger partial charge >= 0.3 is 0 Å². The quantitative estimate of drug-likeness (QED) is 0.0861. The summed E-state index contributed by atoms with van der Waals surface area (Å²) in [6.45, 7) is 23.5. The Hall–Kier alpha value is -3.18. The number of hydrogen-bond donors (Lipinski definition) is 1. The zero-order valence-corrected chi connectivity index (χ0v) is 37.0. The van der Waals surface area contributed by atoms with Crippen molar-refractivity contribution < 1.29 is 30.0 Å². The summed E-state index contributed by atoms with van der Waals surface area (Å²) in [5, 5.41) is 12.5. The van der Waals surface area contributed by atoms with E-state index >= 15 is 0 Å². The number of ketones is 1. The van der Waals surface area contributed by atoms with E-state index in [1.807, 2.05) is 52.9 Å². The molecule has 0 saturated heterocycles. The summed E-state index contributed by atoms with van der Waals surface area (Å²) in [5.74, 6) is 0.935. The number of nitrogens with zero attached hydrogens (tertiary/aromatic N) is 2. The third kappa shape index (κ3) is 8.71. The largest absolute Gasteiger partial charge is 0.512 e. The van der Waals surface area contributed by atoms with Crippen molar-refractivity contribution in [2.45, 2.75) is 127 Å². The van der Waals surface area contributed by atoms with Gasteiger partial charge in [-0.25, -0.2) is 4.98 Å². The molecule has 2 aromatic heterocycles. The molecule has 53 heavy (non-hydrogen) atoms. The predicted octanol–water partition coefficient (Wildman–Crippen LogP) is 13.2. The van der Waals surface area contributed by atoms with E-state index in [0.717, 1.165) is 67.1 Å². The van der Waals surface area contributed by atoms with Gasteiger partial charge in [0.25, 0.3) is 0 Å². The van der Waals surface area contributed by atoms with Crippen LogP contribution in [0.15, 0.2) is 66.7 Å². The summed E-state index contributed by atoms with van der Waals surface area (Å²) >= 11 is 1.88. The van der Waals surface area contributed by atoms with Crippen LogP contribution in [0.1, 0.15) is 123 Å². The van der Waals surface area contributed by atoms with Crippen molar-refractivity contribution in [2.24, 2.45) is 16.7 Å². The summed E-state index contributed by atoms with van der Waals surface area (Å²) in [6, 6.07) is 21.4. The number of carbonyl (C=O) groups is 1. The molecule has 0 fully saturated rings. The molecular weight excluding hydrogens is 849 g/mol. The molecule has 6 rings (SSSR count). The number of aryl methyl sites for hydroxylation is 1. The molecule has 1 radical (unpaired) electrons. The van der Waals surface area contributed by atoms with E-state index in [2.05, 4.69) is 89.2 Å². The van der Waals surface area contributed by atoms with Crippen LogP contribution in [-0.2, 0) is 49.6 Å². The fourth-order valence-corrected chi connectivity index (χ4v) is 8.57. The van der Waals surface area contributed by atoms with Crippen LogP contribution >= 0.6 is 11.3 Å². The van der Waals surface area contributed by atoms with Crippen molar-refractivity contribution in [1.82, 2.24) is 9.97 Å². The van der Waals surface area contributed by atoms with E-state index in [1.54, 1.807) is 6.33 Å². The fourth-order valence-electron chi connectivity index (χ4n) is 7.30. The van der Waals surface area contributed by atoms with E-state index in [1.165, 1.54) is 48.9 Å². The number of carbonyl (C=O) groups excluding carboxylic acids is 1.